The summed E-state index contributed by atoms with van der Waals surface area (Å²) in [6, 6.07) is 12.1. The number of anilines is 1. The van der Waals surface area contributed by atoms with Crippen LogP contribution in [0.2, 0.25) is 0 Å². The van der Waals surface area contributed by atoms with Crippen LogP contribution in [0.4, 0.5) is 14.6 Å². The van der Waals surface area contributed by atoms with E-state index in [1.165, 1.54) is 6.07 Å². The molecule has 3 saturated heterocycles. The van der Waals surface area contributed by atoms with Gasteiger partial charge in [-0.3, -0.25) is 0 Å². The fourth-order valence-corrected chi connectivity index (χ4v) is 7.70. The quantitative estimate of drug-likeness (QED) is 0.238. The van der Waals surface area contributed by atoms with E-state index < -0.39 is 12.0 Å². The minimum absolute atomic E-state index is 0.000186. The van der Waals surface area contributed by atoms with Gasteiger partial charge in [-0.15, -0.1) is 6.42 Å². The third-order valence-electron chi connectivity index (χ3n) is 10.4. The van der Waals surface area contributed by atoms with Crippen molar-refractivity contribution in [3.63, 3.8) is 0 Å². The number of phenols is 1. The lowest BCUT2D eigenvalue weighted by Gasteiger charge is -2.41. The molecule has 246 valence electrons. The Bertz CT molecular complexity index is 1840. The first-order valence-electron chi connectivity index (χ1n) is 16.6. The van der Waals surface area contributed by atoms with E-state index in [1.54, 1.807) is 18.2 Å². The van der Waals surface area contributed by atoms with Crippen molar-refractivity contribution in [2.75, 3.05) is 44.3 Å². The standard InChI is InChI=1S/C37H41F2N5O3/c1-3-24-7-4-8-25-17-27(45)18-30(31(24)25)28-9-10-29-33(32(28)39)42-36(46-20-23-6-5-13-41-19-26(38)16-23)43-35(29)44-14-11-37(12-15-44)21-47-22(2)34(37)40/h1,4,7-10,17-18,22-23,26,34,41,45H,5-6,11-16,19-21,40H2,2H3/t22-,23+,26+,34+/m0/s1. The number of fused-ring (bicyclic) bond motifs is 2. The molecule has 47 heavy (non-hydrogen) atoms. The Morgan fingerprint density at radius 1 is 1.19 bits per heavy atom. The second-order valence-electron chi connectivity index (χ2n) is 13.4. The van der Waals surface area contributed by atoms with Crippen molar-refractivity contribution in [3.8, 4) is 35.2 Å². The highest BCUT2D eigenvalue weighted by molar-refractivity contribution is 6.04. The highest BCUT2D eigenvalue weighted by atomic mass is 19.1. The number of alkyl halides is 1. The van der Waals surface area contributed by atoms with Gasteiger partial charge in [-0.1, -0.05) is 24.1 Å². The molecule has 0 bridgehead atoms. The minimum atomic E-state index is -0.962. The molecule has 0 radical (unpaired) electrons. The van der Waals surface area contributed by atoms with Crippen molar-refractivity contribution in [1.29, 1.82) is 0 Å². The van der Waals surface area contributed by atoms with Gasteiger partial charge in [0.15, 0.2) is 5.82 Å². The maximum absolute atomic E-state index is 16.9. The summed E-state index contributed by atoms with van der Waals surface area (Å²) in [5, 5.41) is 15.7. The molecule has 0 amide bonds. The first-order chi connectivity index (χ1) is 22.8. The Balaban J connectivity index is 1.30. The smallest absolute Gasteiger partial charge is 0.319 e. The van der Waals surface area contributed by atoms with Crippen LogP contribution in [0.5, 0.6) is 11.8 Å². The molecule has 0 saturated carbocycles. The van der Waals surface area contributed by atoms with Gasteiger partial charge in [-0.25, -0.2) is 8.78 Å². The SMILES string of the molecule is C#Cc1cccc2cc(O)cc(-c3ccc4c(N5CCC6(CC5)CO[C@@H](C)[C@H]6N)nc(OC[C@@H]5CCCNC[C@H](F)C5)nc4c3F)c12. The summed E-state index contributed by atoms with van der Waals surface area (Å²) in [6.07, 6.45) is 8.62. The largest absolute Gasteiger partial charge is 0.508 e. The minimum Gasteiger partial charge on any atom is -0.508 e. The molecule has 4 N–H and O–H groups in total. The lowest BCUT2D eigenvalue weighted by molar-refractivity contribution is 0.0974. The fourth-order valence-electron chi connectivity index (χ4n) is 7.70. The maximum Gasteiger partial charge on any atom is 0.319 e. The number of rotatable bonds is 5. The number of hydrogen-bond donors (Lipinski definition) is 3. The van der Waals surface area contributed by atoms with E-state index in [0.717, 1.165) is 32.2 Å². The van der Waals surface area contributed by atoms with Gasteiger partial charge in [0.1, 0.15) is 23.3 Å². The van der Waals surface area contributed by atoms with Crippen LogP contribution in [0.1, 0.15) is 44.6 Å². The number of nitrogens with two attached hydrogens (primary N) is 1. The second-order valence-corrected chi connectivity index (χ2v) is 13.4. The van der Waals surface area contributed by atoms with E-state index in [4.69, 9.17) is 26.6 Å². The third kappa shape index (κ3) is 5.97. The molecule has 3 aromatic carbocycles. The molecule has 7 rings (SSSR count). The summed E-state index contributed by atoms with van der Waals surface area (Å²) in [7, 11) is 0. The van der Waals surface area contributed by atoms with Crippen LogP contribution in [0.15, 0.2) is 42.5 Å². The predicted molar refractivity (Wildman–Crippen MR) is 180 cm³/mol. The molecule has 3 aliphatic rings. The molecule has 3 fully saturated rings. The summed E-state index contributed by atoms with van der Waals surface area (Å²) < 4.78 is 43.5. The number of nitrogens with one attached hydrogen (secondary N) is 1. The third-order valence-corrected chi connectivity index (χ3v) is 10.4. The number of hydrogen-bond acceptors (Lipinski definition) is 8. The topological polar surface area (TPSA) is 106 Å². The van der Waals surface area contributed by atoms with Gasteiger partial charge in [0.2, 0.25) is 0 Å². The second kappa shape index (κ2) is 12.9. The van der Waals surface area contributed by atoms with Crippen LogP contribution in [-0.4, -0.2) is 72.8 Å². The molecule has 3 aliphatic heterocycles. The zero-order valence-electron chi connectivity index (χ0n) is 26.6. The Kier molecular flexibility index (Phi) is 8.64. The monoisotopic (exact) mass is 641 g/mol. The first-order valence-corrected chi connectivity index (χ1v) is 16.6. The van der Waals surface area contributed by atoms with Gasteiger partial charge >= 0.3 is 6.01 Å². The van der Waals surface area contributed by atoms with E-state index in [2.05, 4.69) is 21.1 Å². The number of nitrogens with zero attached hydrogens (tertiary/aromatic N) is 3. The van der Waals surface area contributed by atoms with Crippen LogP contribution in [0.25, 0.3) is 32.8 Å². The van der Waals surface area contributed by atoms with Crippen LogP contribution < -0.4 is 20.7 Å². The van der Waals surface area contributed by atoms with Crippen LogP contribution in [0.3, 0.4) is 0 Å². The molecule has 0 aliphatic carbocycles. The summed E-state index contributed by atoms with van der Waals surface area (Å²) in [5.41, 5.74) is 7.92. The van der Waals surface area contributed by atoms with Gasteiger partial charge in [-0.05, 0) is 86.7 Å². The average molecular weight is 642 g/mol. The highest BCUT2D eigenvalue weighted by Crippen LogP contribution is 2.44. The summed E-state index contributed by atoms with van der Waals surface area (Å²) >= 11 is 0. The molecule has 0 unspecified atom stereocenters. The molecule has 4 heterocycles. The van der Waals surface area contributed by atoms with Crippen molar-refractivity contribution >= 4 is 27.5 Å². The van der Waals surface area contributed by atoms with E-state index in [-0.39, 0.29) is 52.9 Å². The predicted octanol–water partition coefficient (Wildman–Crippen LogP) is 5.72. The van der Waals surface area contributed by atoms with Crippen molar-refractivity contribution < 1.29 is 23.4 Å². The zero-order chi connectivity index (χ0) is 32.7. The van der Waals surface area contributed by atoms with Crippen molar-refractivity contribution in [3.05, 3.63) is 53.8 Å². The van der Waals surface area contributed by atoms with Crippen LogP contribution >= 0.6 is 0 Å². The van der Waals surface area contributed by atoms with Crippen molar-refractivity contribution in [2.24, 2.45) is 17.1 Å². The van der Waals surface area contributed by atoms with Gasteiger partial charge in [0.25, 0.3) is 0 Å². The van der Waals surface area contributed by atoms with E-state index in [0.29, 0.717) is 65.8 Å². The Morgan fingerprint density at radius 2 is 2.02 bits per heavy atom. The lowest BCUT2D eigenvalue weighted by Crippen LogP contribution is -2.50. The Morgan fingerprint density at radius 3 is 2.79 bits per heavy atom. The van der Waals surface area contributed by atoms with E-state index >= 15 is 4.39 Å². The van der Waals surface area contributed by atoms with Crippen molar-refractivity contribution in [2.45, 2.75) is 57.3 Å². The van der Waals surface area contributed by atoms with Gasteiger partial charge in [0, 0.05) is 53.0 Å². The fraction of sp³-hybridized carbons (Fsp3) is 0.459. The number of phenolic OH excluding ortho intramolecular Hbond substituents is 1. The zero-order valence-corrected chi connectivity index (χ0v) is 26.6. The number of terminal acetylenes is 1. The normalized spacial score (nSPS) is 24.7. The van der Waals surface area contributed by atoms with E-state index in [9.17, 15) is 9.50 Å². The maximum atomic E-state index is 16.9. The van der Waals surface area contributed by atoms with Crippen LogP contribution in [0, 0.1) is 29.5 Å². The molecule has 1 aromatic heterocycles. The molecule has 8 nitrogen and oxygen atoms in total. The molecule has 1 spiro atoms. The number of ether oxygens (including phenoxy) is 2. The number of aromatic hydroxyl groups is 1. The van der Waals surface area contributed by atoms with E-state index in [1.807, 2.05) is 25.1 Å². The average Bonchev–Trinajstić information content (AvgIpc) is 3.33. The molecular formula is C37H41F2N5O3. The van der Waals surface area contributed by atoms with Gasteiger partial charge in [0.05, 0.1) is 19.3 Å². The number of aromatic nitrogens is 2. The number of benzene rings is 3. The Labute approximate surface area is 273 Å². The molecule has 10 heteroatoms. The first kappa shape index (κ1) is 31.6. The summed E-state index contributed by atoms with van der Waals surface area (Å²) in [5.74, 6) is 2.71. The highest BCUT2D eigenvalue weighted by Gasteiger charge is 2.47. The molecular weight excluding hydrogens is 600 g/mol. The Hall–Kier alpha value is -4.04. The summed E-state index contributed by atoms with van der Waals surface area (Å²) in [6.45, 7) is 5.31. The van der Waals surface area contributed by atoms with Gasteiger partial charge < -0.3 is 30.5 Å². The molecule has 4 atom stereocenters. The van der Waals surface area contributed by atoms with Crippen LogP contribution in [-0.2, 0) is 4.74 Å². The summed E-state index contributed by atoms with van der Waals surface area (Å²) in [4.78, 5) is 11.6. The number of piperidine rings is 1. The number of halogens is 2. The van der Waals surface area contributed by atoms with Gasteiger partial charge in [-0.2, -0.15) is 9.97 Å². The van der Waals surface area contributed by atoms with Crippen molar-refractivity contribution in [1.82, 2.24) is 15.3 Å². The lowest BCUT2D eigenvalue weighted by atomic mass is 9.73. The molecule has 4 aromatic rings.